The van der Waals surface area contributed by atoms with E-state index in [4.69, 9.17) is 0 Å². The van der Waals surface area contributed by atoms with Gasteiger partial charge < -0.3 is 0 Å². The Morgan fingerprint density at radius 2 is 1.81 bits per heavy atom. The molecule has 0 fully saturated rings. The average Bonchev–Trinajstić information content (AvgIpc) is 2.51. The SMILES string of the molecule is C/C=C\c1c(-c2ccc(C)cc2)cc2c(c1C)CCC=C2. The lowest BCUT2D eigenvalue weighted by molar-refractivity contribution is 0.970. The van der Waals surface area contributed by atoms with Crippen LogP contribution >= 0.6 is 0 Å². The summed E-state index contributed by atoms with van der Waals surface area (Å²) in [7, 11) is 0. The molecule has 0 aromatic heterocycles. The summed E-state index contributed by atoms with van der Waals surface area (Å²) in [5.41, 5.74) is 9.67. The smallest absolute Gasteiger partial charge is 0.0103 e. The molecule has 1 aliphatic carbocycles. The molecule has 21 heavy (non-hydrogen) atoms. The fourth-order valence-electron chi connectivity index (χ4n) is 3.17. The van der Waals surface area contributed by atoms with Crippen LogP contribution in [0.15, 0.2) is 42.5 Å². The maximum atomic E-state index is 2.36. The first kappa shape index (κ1) is 13.9. The summed E-state index contributed by atoms with van der Waals surface area (Å²) in [6, 6.07) is 11.2. The Hall–Kier alpha value is -2.08. The number of allylic oxidation sites excluding steroid dienone is 2. The van der Waals surface area contributed by atoms with Gasteiger partial charge >= 0.3 is 0 Å². The second kappa shape index (κ2) is 5.73. The molecule has 2 aromatic rings. The first-order valence-electron chi connectivity index (χ1n) is 7.73. The van der Waals surface area contributed by atoms with Crippen LogP contribution in [-0.4, -0.2) is 0 Å². The molecule has 2 aromatic carbocycles. The zero-order valence-electron chi connectivity index (χ0n) is 13.1. The van der Waals surface area contributed by atoms with Gasteiger partial charge in [0.2, 0.25) is 0 Å². The lowest BCUT2D eigenvalue weighted by atomic mass is 9.85. The van der Waals surface area contributed by atoms with Gasteiger partial charge in [0.15, 0.2) is 0 Å². The summed E-state index contributed by atoms with van der Waals surface area (Å²) in [6.07, 6.45) is 11.3. The Kier molecular flexibility index (Phi) is 3.79. The Morgan fingerprint density at radius 3 is 2.52 bits per heavy atom. The van der Waals surface area contributed by atoms with Crippen molar-refractivity contribution in [2.45, 2.75) is 33.6 Å². The van der Waals surface area contributed by atoms with Gasteiger partial charge in [-0.05, 0) is 73.1 Å². The number of fused-ring (bicyclic) bond motifs is 1. The zero-order chi connectivity index (χ0) is 14.8. The third kappa shape index (κ3) is 2.58. The lowest BCUT2D eigenvalue weighted by Gasteiger charge is -2.20. The summed E-state index contributed by atoms with van der Waals surface area (Å²) in [5, 5.41) is 0. The normalized spacial score (nSPS) is 13.7. The van der Waals surface area contributed by atoms with Crippen LogP contribution in [0, 0.1) is 13.8 Å². The summed E-state index contributed by atoms with van der Waals surface area (Å²) >= 11 is 0. The maximum Gasteiger partial charge on any atom is -0.0103 e. The van der Waals surface area contributed by atoms with Crippen LogP contribution in [0.5, 0.6) is 0 Å². The minimum atomic E-state index is 1.16. The molecule has 0 spiro atoms. The van der Waals surface area contributed by atoms with E-state index in [0.29, 0.717) is 0 Å². The van der Waals surface area contributed by atoms with Crippen LogP contribution in [0.3, 0.4) is 0 Å². The van der Waals surface area contributed by atoms with Crippen molar-refractivity contribution >= 4 is 12.2 Å². The second-order valence-corrected chi connectivity index (χ2v) is 5.84. The molecule has 0 N–H and O–H groups in total. The van der Waals surface area contributed by atoms with Crippen molar-refractivity contribution in [3.63, 3.8) is 0 Å². The van der Waals surface area contributed by atoms with E-state index in [0.717, 1.165) is 12.8 Å². The highest BCUT2D eigenvalue weighted by Gasteiger charge is 2.15. The molecule has 0 radical (unpaired) electrons. The van der Waals surface area contributed by atoms with Gasteiger partial charge in [-0.15, -0.1) is 0 Å². The summed E-state index contributed by atoms with van der Waals surface area (Å²) < 4.78 is 0. The predicted molar refractivity (Wildman–Crippen MR) is 93.4 cm³/mol. The summed E-state index contributed by atoms with van der Waals surface area (Å²) in [5.74, 6) is 0. The van der Waals surface area contributed by atoms with Crippen LogP contribution in [0.1, 0.15) is 41.2 Å². The Morgan fingerprint density at radius 1 is 1.05 bits per heavy atom. The summed E-state index contributed by atoms with van der Waals surface area (Å²) in [4.78, 5) is 0. The standard InChI is InChI=1S/C21H22/c1-4-7-20-16(3)19-9-6-5-8-18(19)14-21(20)17-12-10-15(2)11-13-17/h4-5,7-8,10-14H,6,9H2,1-3H3/b7-4-. The van der Waals surface area contributed by atoms with E-state index in [-0.39, 0.29) is 0 Å². The van der Waals surface area contributed by atoms with Gasteiger partial charge in [-0.2, -0.15) is 0 Å². The Balaban J connectivity index is 2.26. The highest BCUT2D eigenvalue weighted by molar-refractivity contribution is 5.81. The molecule has 0 bridgehead atoms. The lowest BCUT2D eigenvalue weighted by Crippen LogP contribution is -2.01. The van der Waals surface area contributed by atoms with E-state index in [9.17, 15) is 0 Å². The molecule has 0 amide bonds. The topological polar surface area (TPSA) is 0 Å². The van der Waals surface area contributed by atoms with Gasteiger partial charge in [-0.3, -0.25) is 0 Å². The quantitative estimate of drug-likeness (QED) is 0.633. The predicted octanol–water partition coefficient (Wildman–Crippen LogP) is 5.96. The number of aryl methyl sites for hydroxylation is 1. The number of rotatable bonds is 2. The van der Waals surface area contributed by atoms with Crippen LogP contribution < -0.4 is 0 Å². The molecule has 0 atom stereocenters. The molecule has 0 aliphatic heterocycles. The van der Waals surface area contributed by atoms with Crippen LogP contribution in [-0.2, 0) is 6.42 Å². The number of benzene rings is 2. The molecule has 106 valence electrons. The highest BCUT2D eigenvalue weighted by Crippen LogP contribution is 2.34. The second-order valence-electron chi connectivity index (χ2n) is 5.84. The molecule has 3 rings (SSSR count). The van der Waals surface area contributed by atoms with Crippen molar-refractivity contribution in [2.75, 3.05) is 0 Å². The van der Waals surface area contributed by atoms with Crippen LogP contribution in [0.4, 0.5) is 0 Å². The molecular formula is C21H22. The monoisotopic (exact) mass is 274 g/mol. The third-order valence-corrected chi connectivity index (χ3v) is 4.35. The third-order valence-electron chi connectivity index (χ3n) is 4.35. The number of hydrogen-bond donors (Lipinski definition) is 0. The zero-order valence-corrected chi connectivity index (χ0v) is 13.1. The molecule has 0 nitrogen and oxygen atoms in total. The fraction of sp³-hybridized carbons (Fsp3) is 0.238. The van der Waals surface area contributed by atoms with Gasteiger partial charge in [0.25, 0.3) is 0 Å². The summed E-state index contributed by atoms with van der Waals surface area (Å²) in [6.45, 7) is 6.50. The van der Waals surface area contributed by atoms with Crippen molar-refractivity contribution < 1.29 is 0 Å². The Bertz CT molecular complexity index is 713. The minimum Gasteiger partial charge on any atom is -0.0870 e. The molecule has 0 unspecified atom stereocenters. The largest absolute Gasteiger partial charge is 0.0870 e. The highest BCUT2D eigenvalue weighted by atomic mass is 14.2. The average molecular weight is 274 g/mol. The minimum absolute atomic E-state index is 1.16. The maximum absolute atomic E-state index is 2.36. The van der Waals surface area contributed by atoms with Gasteiger partial charge in [0.05, 0.1) is 0 Å². The van der Waals surface area contributed by atoms with E-state index in [1.807, 2.05) is 0 Å². The molecule has 0 saturated heterocycles. The van der Waals surface area contributed by atoms with Crippen molar-refractivity contribution in [3.05, 3.63) is 70.3 Å². The van der Waals surface area contributed by atoms with Crippen LogP contribution in [0.2, 0.25) is 0 Å². The molecular weight excluding hydrogens is 252 g/mol. The van der Waals surface area contributed by atoms with E-state index in [2.05, 4.69) is 75.4 Å². The molecule has 0 heteroatoms. The van der Waals surface area contributed by atoms with Crippen molar-refractivity contribution in [3.8, 4) is 11.1 Å². The van der Waals surface area contributed by atoms with E-state index >= 15 is 0 Å². The molecule has 0 heterocycles. The van der Waals surface area contributed by atoms with Gasteiger partial charge in [-0.25, -0.2) is 0 Å². The number of hydrogen-bond acceptors (Lipinski definition) is 0. The van der Waals surface area contributed by atoms with Crippen molar-refractivity contribution in [2.24, 2.45) is 0 Å². The Labute approximate surface area is 127 Å². The van der Waals surface area contributed by atoms with Gasteiger partial charge in [0, 0.05) is 0 Å². The van der Waals surface area contributed by atoms with Crippen molar-refractivity contribution in [1.29, 1.82) is 0 Å². The molecule has 1 aliphatic rings. The van der Waals surface area contributed by atoms with E-state index in [1.165, 1.54) is 38.9 Å². The first-order valence-corrected chi connectivity index (χ1v) is 7.73. The van der Waals surface area contributed by atoms with Gasteiger partial charge in [0.1, 0.15) is 0 Å². The van der Waals surface area contributed by atoms with Crippen LogP contribution in [0.25, 0.3) is 23.3 Å². The fourth-order valence-corrected chi connectivity index (χ4v) is 3.17. The molecule has 0 saturated carbocycles. The van der Waals surface area contributed by atoms with E-state index < -0.39 is 0 Å². The van der Waals surface area contributed by atoms with E-state index in [1.54, 1.807) is 0 Å². The van der Waals surface area contributed by atoms with Crippen molar-refractivity contribution in [1.82, 2.24) is 0 Å². The van der Waals surface area contributed by atoms with Gasteiger partial charge in [-0.1, -0.05) is 54.1 Å². The first-order chi connectivity index (χ1) is 10.2.